The molecule has 6 nitrogen and oxygen atoms in total. The standard InChI is InChI=1S/C25H24N2O4/c1-27(2)23(18-11-7-4-8-12-18)22-20-15-19(30-16-17-9-5-3-6-10-17)13-14-21(20)26-24(22)31-25(28)29/h3-15,23,26H,16H2,1-2H3,(H,28,29). The second-order valence-electron chi connectivity index (χ2n) is 7.49. The van der Waals surface area contributed by atoms with Crippen LogP contribution in [0, 0.1) is 0 Å². The van der Waals surface area contributed by atoms with Crippen molar-refractivity contribution >= 4 is 17.1 Å². The first-order valence-electron chi connectivity index (χ1n) is 9.97. The summed E-state index contributed by atoms with van der Waals surface area (Å²) in [7, 11) is 3.91. The van der Waals surface area contributed by atoms with Crippen LogP contribution in [-0.4, -0.2) is 35.2 Å². The van der Waals surface area contributed by atoms with E-state index in [9.17, 15) is 9.90 Å². The molecule has 6 heteroatoms. The third-order valence-electron chi connectivity index (χ3n) is 5.12. The molecule has 3 aromatic carbocycles. The topological polar surface area (TPSA) is 74.8 Å². The van der Waals surface area contributed by atoms with Crippen LogP contribution in [0.25, 0.3) is 10.9 Å². The molecule has 0 fully saturated rings. The minimum Gasteiger partial charge on any atom is -0.489 e. The van der Waals surface area contributed by atoms with Gasteiger partial charge in [0, 0.05) is 16.5 Å². The molecule has 0 amide bonds. The summed E-state index contributed by atoms with van der Waals surface area (Å²) in [5, 5.41) is 10.1. The van der Waals surface area contributed by atoms with Crippen molar-refractivity contribution in [2.45, 2.75) is 12.6 Å². The highest BCUT2D eigenvalue weighted by Crippen LogP contribution is 2.40. The molecule has 0 aliphatic rings. The Kier molecular flexibility index (Phi) is 5.91. The third kappa shape index (κ3) is 4.54. The van der Waals surface area contributed by atoms with Gasteiger partial charge in [-0.2, -0.15) is 0 Å². The molecule has 0 aliphatic heterocycles. The largest absolute Gasteiger partial charge is 0.512 e. The van der Waals surface area contributed by atoms with Crippen LogP contribution in [0.15, 0.2) is 78.9 Å². The predicted octanol–water partition coefficient (Wildman–Crippen LogP) is 5.45. The van der Waals surface area contributed by atoms with Crippen LogP contribution in [0.4, 0.5) is 4.79 Å². The van der Waals surface area contributed by atoms with Gasteiger partial charge in [0.25, 0.3) is 0 Å². The highest BCUT2D eigenvalue weighted by molar-refractivity contribution is 5.89. The van der Waals surface area contributed by atoms with E-state index in [1.165, 1.54) is 0 Å². The molecule has 1 atom stereocenters. The van der Waals surface area contributed by atoms with E-state index in [-0.39, 0.29) is 11.9 Å². The Labute approximate surface area is 180 Å². The molecule has 0 radical (unpaired) electrons. The zero-order chi connectivity index (χ0) is 21.8. The lowest BCUT2D eigenvalue weighted by molar-refractivity contribution is 0.141. The highest BCUT2D eigenvalue weighted by Gasteiger charge is 2.27. The fraction of sp³-hybridized carbons (Fsp3) is 0.160. The van der Waals surface area contributed by atoms with Gasteiger partial charge < -0.3 is 19.6 Å². The molecule has 1 heterocycles. The van der Waals surface area contributed by atoms with Gasteiger partial charge in [0.15, 0.2) is 0 Å². The zero-order valence-electron chi connectivity index (χ0n) is 17.4. The van der Waals surface area contributed by atoms with Gasteiger partial charge in [-0.1, -0.05) is 60.7 Å². The maximum atomic E-state index is 11.4. The number of hydrogen-bond donors (Lipinski definition) is 2. The second-order valence-corrected chi connectivity index (χ2v) is 7.49. The molecule has 0 spiro atoms. The van der Waals surface area contributed by atoms with Crippen LogP contribution in [-0.2, 0) is 6.61 Å². The Hall–Kier alpha value is -3.77. The first-order chi connectivity index (χ1) is 15.0. The molecule has 0 bridgehead atoms. The fourth-order valence-corrected chi connectivity index (χ4v) is 3.80. The molecule has 31 heavy (non-hydrogen) atoms. The van der Waals surface area contributed by atoms with Crippen molar-refractivity contribution in [3.63, 3.8) is 0 Å². The maximum Gasteiger partial charge on any atom is 0.512 e. The summed E-state index contributed by atoms with van der Waals surface area (Å²) in [6, 6.07) is 25.3. The van der Waals surface area contributed by atoms with Crippen molar-refractivity contribution in [1.82, 2.24) is 9.88 Å². The summed E-state index contributed by atoms with van der Waals surface area (Å²) in [6.07, 6.45) is -1.36. The minimum absolute atomic E-state index is 0.213. The van der Waals surface area contributed by atoms with Crippen molar-refractivity contribution in [3.05, 3.63) is 95.6 Å². The summed E-state index contributed by atoms with van der Waals surface area (Å²) in [4.78, 5) is 16.5. The SMILES string of the molecule is CN(C)C(c1ccccc1)c1c(OC(=O)O)[nH]c2ccc(OCc3ccccc3)cc12. The summed E-state index contributed by atoms with van der Waals surface area (Å²) < 4.78 is 11.2. The number of carboxylic acid groups (broad SMARTS) is 1. The van der Waals surface area contributed by atoms with Gasteiger partial charge in [0.1, 0.15) is 12.4 Å². The molecule has 1 aromatic heterocycles. The van der Waals surface area contributed by atoms with Crippen LogP contribution in [0.2, 0.25) is 0 Å². The van der Waals surface area contributed by atoms with E-state index in [0.717, 1.165) is 27.6 Å². The average Bonchev–Trinajstić information content (AvgIpc) is 3.10. The molecule has 4 rings (SSSR count). The van der Waals surface area contributed by atoms with Crippen LogP contribution >= 0.6 is 0 Å². The number of aromatic nitrogens is 1. The van der Waals surface area contributed by atoms with Crippen molar-refractivity contribution in [1.29, 1.82) is 0 Å². The van der Waals surface area contributed by atoms with Crippen molar-refractivity contribution in [2.75, 3.05) is 14.1 Å². The lowest BCUT2D eigenvalue weighted by atomic mass is 9.96. The van der Waals surface area contributed by atoms with Crippen LogP contribution in [0.5, 0.6) is 11.6 Å². The fourth-order valence-electron chi connectivity index (χ4n) is 3.80. The summed E-state index contributed by atoms with van der Waals surface area (Å²) in [6.45, 7) is 0.445. The minimum atomic E-state index is -1.36. The first kappa shape index (κ1) is 20.5. The lowest BCUT2D eigenvalue weighted by Gasteiger charge is -2.25. The molecule has 1 unspecified atom stereocenters. The molecular formula is C25H24N2O4. The Morgan fingerprint density at radius 1 is 1.00 bits per heavy atom. The van der Waals surface area contributed by atoms with Crippen LogP contribution in [0.3, 0.4) is 0 Å². The quantitative estimate of drug-likeness (QED) is 0.392. The van der Waals surface area contributed by atoms with Crippen molar-refractivity contribution < 1.29 is 19.4 Å². The summed E-state index contributed by atoms with van der Waals surface area (Å²) in [5.74, 6) is 0.911. The number of aromatic amines is 1. The molecule has 0 saturated carbocycles. The third-order valence-corrected chi connectivity index (χ3v) is 5.12. The number of benzene rings is 3. The summed E-state index contributed by atoms with van der Waals surface area (Å²) >= 11 is 0. The number of nitrogens with one attached hydrogen (secondary N) is 1. The van der Waals surface area contributed by atoms with Gasteiger partial charge in [0.2, 0.25) is 5.88 Å². The van der Waals surface area contributed by atoms with E-state index >= 15 is 0 Å². The van der Waals surface area contributed by atoms with E-state index < -0.39 is 6.16 Å². The lowest BCUT2D eigenvalue weighted by Crippen LogP contribution is -2.22. The van der Waals surface area contributed by atoms with Crippen molar-refractivity contribution in [2.24, 2.45) is 0 Å². The molecule has 0 aliphatic carbocycles. The number of nitrogens with zero attached hydrogens (tertiary/aromatic N) is 1. The summed E-state index contributed by atoms with van der Waals surface area (Å²) in [5.41, 5.74) is 3.63. The van der Waals surface area contributed by atoms with Gasteiger partial charge in [0.05, 0.1) is 6.04 Å². The van der Waals surface area contributed by atoms with Gasteiger partial charge >= 0.3 is 6.16 Å². The van der Waals surface area contributed by atoms with E-state index in [1.54, 1.807) is 0 Å². The van der Waals surface area contributed by atoms with Crippen LogP contribution < -0.4 is 9.47 Å². The van der Waals surface area contributed by atoms with E-state index in [1.807, 2.05) is 97.9 Å². The number of carbonyl (C=O) groups is 1. The highest BCUT2D eigenvalue weighted by atomic mass is 16.7. The van der Waals surface area contributed by atoms with Gasteiger partial charge in [-0.05, 0) is 43.4 Å². The monoisotopic (exact) mass is 416 g/mol. The zero-order valence-corrected chi connectivity index (χ0v) is 17.4. The Balaban J connectivity index is 1.79. The van der Waals surface area contributed by atoms with Gasteiger partial charge in [-0.15, -0.1) is 0 Å². The molecule has 158 valence electrons. The number of fused-ring (bicyclic) bond motifs is 1. The number of rotatable bonds is 7. The number of hydrogen-bond acceptors (Lipinski definition) is 4. The predicted molar refractivity (Wildman–Crippen MR) is 120 cm³/mol. The van der Waals surface area contributed by atoms with E-state index in [2.05, 4.69) is 4.98 Å². The van der Waals surface area contributed by atoms with Gasteiger partial charge in [-0.25, -0.2) is 4.79 Å². The Morgan fingerprint density at radius 2 is 1.68 bits per heavy atom. The van der Waals surface area contributed by atoms with Crippen LogP contribution in [0.1, 0.15) is 22.7 Å². The Bertz CT molecular complexity index is 1170. The average molecular weight is 416 g/mol. The number of H-pyrrole nitrogens is 1. The maximum absolute atomic E-state index is 11.4. The first-order valence-corrected chi connectivity index (χ1v) is 9.97. The van der Waals surface area contributed by atoms with E-state index in [0.29, 0.717) is 12.4 Å². The molecular weight excluding hydrogens is 392 g/mol. The normalized spacial score (nSPS) is 12.1. The smallest absolute Gasteiger partial charge is 0.489 e. The second kappa shape index (κ2) is 8.93. The molecule has 4 aromatic rings. The van der Waals surface area contributed by atoms with E-state index in [4.69, 9.17) is 9.47 Å². The number of ether oxygens (including phenoxy) is 2. The molecule has 2 N–H and O–H groups in total. The molecule has 0 saturated heterocycles. The Morgan fingerprint density at radius 3 is 2.32 bits per heavy atom. The van der Waals surface area contributed by atoms with Crippen molar-refractivity contribution in [3.8, 4) is 11.6 Å². The van der Waals surface area contributed by atoms with Gasteiger partial charge in [-0.3, -0.25) is 4.90 Å².